The molecule has 0 aliphatic rings. The Hall–Kier alpha value is -1.93. The molecule has 0 fully saturated rings. The van der Waals surface area contributed by atoms with Crippen molar-refractivity contribution in [3.05, 3.63) is 65.4 Å². The maximum absolute atomic E-state index is 13.3. The number of nitrogens with zero attached hydrogens (tertiary/aromatic N) is 3. The third kappa shape index (κ3) is 3.69. The molecule has 8 heteroatoms. The number of benzene rings is 1. The molecule has 0 radical (unpaired) electrons. The molecule has 0 bridgehead atoms. The summed E-state index contributed by atoms with van der Waals surface area (Å²) in [6.45, 7) is 0.716. The topological polar surface area (TPSA) is 63.9 Å². The first-order valence-corrected chi connectivity index (χ1v) is 9.51. The van der Waals surface area contributed by atoms with E-state index in [4.69, 9.17) is 16.3 Å². The van der Waals surface area contributed by atoms with E-state index in [2.05, 4.69) is 4.98 Å². The minimum absolute atomic E-state index is 0.0307. The van der Waals surface area contributed by atoms with Crippen molar-refractivity contribution in [3.8, 4) is 0 Å². The van der Waals surface area contributed by atoms with Gasteiger partial charge in [0.15, 0.2) is 10.2 Å². The van der Waals surface area contributed by atoms with Crippen LogP contribution < -0.4 is 0 Å². The van der Waals surface area contributed by atoms with Crippen molar-refractivity contribution in [2.75, 3.05) is 20.3 Å². The molecule has 0 saturated heterocycles. The van der Waals surface area contributed by atoms with E-state index in [0.717, 1.165) is 5.56 Å². The molecule has 6 nitrogen and oxygen atoms in total. The molecule has 0 spiro atoms. The Labute approximate surface area is 151 Å². The van der Waals surface area contributed by atoms with Crippen molar-refractivity contribution in [2.45, 2.75) is 11.6 Å². The fourth-order valence-electron chi connectivity index (χ4n) is 2.56. The van der Waals surface area contributed by atoms with Crippen molar-refractivity contribution in [3.63, 3.8) is 0 Å². The summed E-state index contributed by atoms with van der Waals surface area (Å²) < 4.78 is 34.4. The van der Waals surface area contributed by atoms with E-state index in [9.17, 15) is 8.42 Å². The number of ether oxygens (including phenoxy) is 1. The Morgan fingerprint density at radius 3 is 2.60 bits per heavy atom. The monoisotopic (exact) mass is 379 g/mol. The molecular weight excluding hydrogens is 362 g/mol. The maximum Gasteiger partial charge on any atom is 0.262 e. The molecule has 3 rings (SSSR count). The van der Waals surface area contributed by atoms with Gasteiger partial charge >= 0.3 is 0 Å². The predicted molar refractivity (Wildman–Crippen MR) is 96.1 cm³/mol. The van der Waals surface area contributed by atoms with Crippen LogP contribution in [0.15, 0.2) is 59.8 Å². The van der Waals surface area contributed by atoms with Crippen molar-refractivity contribution in [1.29, 1.82) is 0 Å². The average molecular weight is 380 g/mol. The van der Waals surface area contributed by atoms with E-state index >= 15 is 0 Å². The lowest BCUT2D eigenvalue weighted by Crippen LogP contribution is -2.34. The van der Waals surface area contributed by atoms with Crippen LogP contribution in [0, 0.1) is 0 Å². The lowest BCUT2D eigenvalue weighted by molar-refractivity contribution is 0.177. The van der Waals surface area contributed by atoms with Gasteiger partial charge in [0.2, 0.25) is 0 Å². The van der Waals surface area contributed by atoms with Gasteiger partial charge in [0, 0.05) is 26.4 Å². The van der Waals surface area contributed by atoms with Crippen LogP contribution in [-0.4, -0.2) is 42.4 Å². The number of hydrogen-bond donors (Lipinski definition) is 0. The van der Waals surface area contributed by atoms with Gasteiger partial charge in [-0.25, -0.2) is 13.4 Å². The third-order valence-corrected chi connectivity index (χ3v) is 6.02. The first kappa shape index (κ1) is 17.9. The zero-order chi connectivity index (χ0) is 17.9. The second-order valence-corrected chi connectivity index (χ2v) is 7.66. The van der Waals surface area contributed by atoms with Crippen molar-refractivity contribution < 1.29 is 13.2 Å². The Morgan fingerprint density at radius 1 is 1.16 bits per heavy atom. The second kappa shape index (κ2) is 7.53. The molecule has 0 aliphatic carbocycles. The molecule has 0 unspecified atom stereocenters. The third-order valence-electron chi connectivity index (χ3n) is 3.78. The Balaban J connectivity index is 2.04. The van der Waals surface area contributed by atoms with E-state index in [1.807, 2.05) is 30.3 Å². The fraction of sp³-hybridized carbons (Fsp3) is 0.235. The van der Waals surface area contributed by atoms with Gasteiger partial charge in [-0.1, -0.05) is 48.0 Å². The summed E-state index contributed by atoms with van der Waals surface area (Å²) >= 11 is 6.16. The fourth-order valence-corrected chi connectivity index (χ4v) is 4.57. The second-order valence-electron chi connectivity index (χ2n) is 5.45. The zero-order valence-electron chi connectivity index (χ0n) is 13.7. The quantitative estimate of drug-likeness (QED) is 0.633. The minimum Gasteiger partial charge on any atom is -0.383 e. The first-order chi connectivity index (χ1) is 12.0. The van der Waals surface area contributed by atoms with E-state index in [-0.39, 0.29) is 29.9 Å². The molecule has 0 amide bonds. The summed E-state index contributed by atoms with van der Waals surface area (Å²) in [6.07, 6.45) is 1.64. The number of sulfonamides is 1. The molecule has 25 heavy (non-hydrogen) atoms. The highest BCUT2D eigenvalue weighted by Crippen LogP contribution is 2.26. The number of hydrogen-bond acceptors (Lipinski definition) is 4. The molecule has 1 aromatic carbocycles. The smallest absolute Gasteiger partial charge is 0.262 e. The van der Waals surface area contributed by atoms with Crippen LogP contribution in [0.25, 0.3) is 5.65 Å². The Bertz CT molecular complexity index is 958. The number of imidazole rings is 1. The van der Waals surface area contributed by atoms with Gasteiger partial charge in [-0.3, -0.25) is 4.40 Å². The van der Waals surface area contributed by atoms with E-state index in [1.165, 1.54) is 15.8 Å². The van der Waals surface area contributed by atoms with Gasteiger partial charge < -0.3 is 4.74 Å². The highest BCUT2D eigenvalue weighted by atomic mass is 35.5. The van der Waals surface area contributed by atoms with Gasteiger partial charge in [-0.15, -0.1) is 0 Å². The van der Waals surface area contributed by atoms with Crippen LogP contribution in [-0.2, 0) is 21.3 Å². The average Bonchev–Trinajstić information content (AvgIpc) is 2.95. The molecule has 2 aromatic heterocycles. The Kier molecular flexibility index (Phi) is 5.39. The number of fused-ring (bicyclic) bond motifs is 1. The molecule has 0 N–H and O–H groups in total. The van der Waals surface area contributed by atoms with Crippen LogP contribution >= 0.6 is 11.6 Å². The van der Waals surface area contributed by atoms with Gasteiger partial charge in [0.05, 0.1) is 6.61 Å². The van der Waals surface area contributed by atoms with Crippen molar-refractivity contribution in [2.24, 2.45) is 0 Å². The van der Waals surface area contributed by atoms with Crippen LogP contribution in [0.1, 0.15) is 5.56 Å². The molecule has 3 aromatic rings. The summed E-state index contributed by atoms with van der Waals surface area (Å²) in [7, 11) is -2.33. The van der Waals surface area contributed by atoms with E-state index in [0.29, 0.717) is 5.65 Å². The normalized spacial score (nSPS) is 12.1. The highest BCUT2D eigenvalue weighted by molar-refractivity contribution is 7.89. The van der Waals surface area contributed by atoms with Gasteiger partial charge in [-0.2, -0.15) is 4.31 Å². The summed E-state index contributed by atoms with van der Waals surface area (Å²) in [5, 5.41) is -0.0709. The van der Waals surface area contributed by atoms with Crippen LogP contribution in [0.2, 0.25) is 5.15 Å². The number of pyridine rings is 1. The minimum atomic E-state index is -3.86. The molecule has 132 valence electrons. The van der Waals surface area contributed by atoms with Gasteiger partial charge in [0.25, 0.3) is 10.0 Å². The summed E-state index contributed by atoms with van der Waals surface area (Å²) in [5.41, 5.74) is 1.37. The van der Waals surface area contributed by atoms with Crippen LogP contribution in [0.4, 0.5) is 0 Å². The maximum atomic E-state index is 13.3. The van der Waals surface area contributed by atoms with Crippen LogP contribution in [0.5, 0.6) is 0 Å². The number of aromatic nitrogens is 2. The molecular formula is C17H18ClN3O3S. The van der Waals surface area contributed by atoms with Crippen molar-refractivity contribution >= 4 is 27.3 Å². The molecule has 0 atom stereocenters. The lowest BCUT2D eigenvalue weighted by Gasteiger charge is -2.22. The highest BCUT2D eigenvalue weighted by Gasteiger charge is 2.31. The van der Waals surface area contributed by atoms with Crippen molar-refractivity contribution in [1.82, 2.24) is 13.7 Å². The van der Waals surface area contributed by atoms with E-state index in [1.54, 1.807) is 24.4 Å². The largest absolute Gasteiger partial charge is 0.383 e. The van der Waals surface area contributed by atoms with Crippen LogP contribution in [0.3, 0.4) is 0 Å². The standard InChI is InChI=1S/C17H18ClN3O3S/c1-24-12-11-20(13-14-7-3-2-4-8-14)25(22,23)17-16(18)19-15-9-5-6-10-21(15)17/h2-10H,11-13H2,1H3. The zero-order valence-corrected chi connectivity index (χ0v) is 15.2. The summed E-state index contributed by atoms with van der Waals surface area (Å²) in [6, 6.07) is 14.6. The number of rotatable bonds is 7. The summed E-state index contributed by atoms with van der Waals surface area (Å²) in [4.78, 5) is 4.14. The number of methoxy groups -OCH3 is 1. The molecule has 0 aliphatic heterocycles. The molecule has 0 saturated carbocycles. The Morgan fingerprint density at radius 2 is 1.88 bits per heavy atom. The predicted octanol–water partition coefficient (Wildman–Crippen LogP) is 2.83. The summed E-state index contributed by atoms with van der Waals surface area (Å²) in [5.74, 6) is 0. The SMILES string of the molecule is COCCN(Cc1ccccc1)S(=O)(=O)c1c(Cl)nc2ccccn12. The number of halogens is 1. The van der Waals surface area contributed by atoms with Gasteiger partial charge in [0.1, 0.15) is 5.65 Å². The van der Waals surface area contributed by atoms with E-state index < -0.39 is 10.0 Å². The van der Waals surface area contributed by atoms with Gasteiger partial charge in [-0.05, 0) is 17.7 Å². The lowest BCUT2D eigenvalue weighted by atomic mass is 10.2. The molecule has 2 heterocycles. The first-order valence-electron chi connectivity index (χ1n) is 7.69.